The molecule has 0 saturated carbocycles. The Morgan fingerprint density at radius 2 is 1.00 bits per heavy atom. The van der Waals surface area contributed by atoms with E-state index in [1.807, 2.05) is 6.92 Å². The number of nitrogens with one attached hydrogen (secondary N) is 1. The molecule has 6 heteroatoms. The highest BCUT2D eigenvalue weighted by atomic mass is 16.3. The van der Waals surface area contributed by atoms with Gasteiger partial charge in [0.2, 0.25) is 5.91 Å². The second kappa shape index (κ2) is 34.6. The number of unbranched alkanes of at least 4 members (excludes halogenated alkanes) is 17. The van der Waals surface area contributed by atoms with Gasteiger partial charge in [-0.05, 0) is 84.0 Å². The van der Waals surface area contributed by atoms with Crippen LogP contribution in [0.4, 0.5) is 0 Å². The molecule has 0 bridgehead atoms. The van der Waals surface area contributed by atoms with Crippen LogP contribution in [0.3, 0.4) is 0 Å². The molecule has 46 heavy (non-hydrogen) atoms. The van der Waals surface area contributed by atoms with Crippen LogP contribution in [0.25, 0.3) is 0 Å². The molecule has 0 aromatic rings. The number of carbonyl (C=O) groups excluding carboxylic acids is 1. The van der Waals surface area contributed by atoms with Crippen LogP contribution in [0, 0.1) is 0 Å². The predicted molar refractivity (Wildman–Crippen MR) is 196 cm³/mol. The SMILES string of the molecule is C/C=C/CC/C=C/CC/C=C/CCCC(O)C(O)C(CO)NC(=O)C(O)CCCCCCCC/C=C\CCCCCCCCCC. The molecule has 0 heterocycles. The van der Waals surface area contributed by atoms with Crippen molar-refractivity contribution < 1.29 is 25.2 Å². The number of rotatable bonds is 33. The van der Waals surface area contributed by atoms with Gasteiger partial charge in [0.15, 0.2) is 0 Å². The highest BCUT2D eigenvalue weighted by molar-refractivity contribution is 5.80. The summed E-state index contributed by atoms with van der Waals surface area (Å²) in [6, 6.07) is -1.01. The van der Waals surface area contributed by atoms with Crippen LogP contribution in [0.15, 0.2) is 48.6 Å². The average molecular weight is 648 g/mol. The van der Waals surface area contributed by atoms with Gasteiger partial charge in [-0.3, -0.25) is 4.79 Å². The van der Waals surface area contributed by atoms with Gasteiger partial charge < -0.3 is 25.7 Å². The summed E-state index contributed by atoms with van der Waals surface area (Å²) in [5.74, 6) is -0.608. The normalized spacial score (nSPS) is 15.0. The molecule has 0 aliphatic heterocycles. The van der Waals surface area contributed by atoms with Gasteiger partial charge in [0.25, 0.3) is 0 Å². The van der Waals surface area contributed by atoms with E-state index < -0.39 is 36.9 Å². The summed E-state index contributed by atoms with van der Waals surface area (Å²) in [6.07, 6.45) is 40.0. The van der Waals surface area contributed by atoms with Gasteiger partial charge in [-0.2, -0.15) is 0 Å². The van der Waals surface area contributed by atoms with Gasteiger partial charge >= 0.3 is 0 Å². The van der Waals surface area contributed by atoms with Crippen molar-refractivity contribution in [3.63, 3.8) is 0 Å². The minimum absolute atomic E-state index is 0.350. The lowest BCUT2D eigenvalue weighted by atomic mass is 10.00. The fraction of sp³-hybridized carbons (Fsp3) is 0.775. The Morgan fingerprint density at radius 3 is 1.50 bits per heavy atom. The fourth-order valence-electron chi connectivity index (χ4n) is 5.49. The second-order valence-corrected chi connectivity index (χ2v) is 12.9. The molecule has 0 fully saturated rings. The summed E-state index contributed by atoms with van der Waals surface area (Å²) < 4.78 is 0. The van der Waals surface area contributed by atoms with Crippen molar-refractivity contribution in [3.05, 3.63) is 48.6 Å². The summed E-state index contributed by atoms with van der Waals surface area (Å²) in [4.78, 5) is 12.4. The standard InChI is InChI=1S/C40H73NO5/c1-3-5-7-9-11-13-15-17-18-19-20-21-22-24-26-28-30-32-34-38(44)40(46)41-36(35-42)39(45)37(43)33-31-29-27-25-23-16-14-12-10-8-6-4-2/h4,6,12,14,19-20,25,27,36-39,42-45H,3,5,7-11,13,15-18,21-24,26,28-35H2,1-2H3,(H,41,46)/b6-4+,14-12+,20-19-,27-25+. The first-order valence-corrected chi connectivity index (χ1v) is 19.0. The topological polar surface area (TPSA) is 110 Å². The van der Waals surface area contributed by atoms with E-state index >= 15 is 0 Å². The van der Waals surface area contributed by atoms with Crippen molar-refractivity contribution in [2.75, 3.05) is 6.61 Å². The minimum atomic E-state index is -1.29. The third-order valence-corrected chi connectivity index (χ3v) is 8.56. The second-order valence-electron chi connectivity index (χ2n) is 12.9. The number of aliphatic hydroxyl groups is 4. The van der Waals surface area contributed by atoms with E-state index in [4.69, 9.17) is 0 Å². The molecule has 5 N–H and O–H groups in total. The summed E-state index contributed by atoms with van der Waals surface area (Å²) in [6.45, 7) is 3.79. The molecule has 1 amide bonds. The van der Waals surface area contributed by atoms with E-state index in [1.165, 1.54) is 70.6 Å². The molecule has 0 radical (unpaired) electrons. The van der Waals surface area contributed by atoms with Crippen molar-refractivity contribution >= 4 is 5.91 Å². The highest BCUT2D eigenvalue weighted by Crippen LogP contribution is 2.14. The average Bonchev–Trinajstić information content (AvgIpc) is 3.06. The van der Waals surface area contributed by atoms with Gasteiger partial charge in [-0.25, -0.2) is 0 Å². The molecule has 0 aromatic carbocycles. The number of amides is 1. The van der Waals surface area contributed by atoms with Gasteiger partial charge in [0, 0.05) is 0 Å². The Kier molecular flexibility index (Phi) is 33.3. The lowest BCUT2D eigenvalue weighted by Gasteiger charge is -2.27. The van der Waals surface area contributed by atoms with Crippen molar-refractivity contribution in [3.8, 4) is 0 Å². The monoisotopic (exact) mass is 648 g/mol. The van der Waals surface area contributed by atoms with Gasteiger partial charge in [-0.1, -0.05) is 133 Å². The van der Waals surface area contributed by atoms with Crippen molar-refractivity contribution in [2.24, 2.45) is 0 Å². The summed E-state index contributed by atoms with van der Waals surface area (Å²) in [7, 11) is 0. The van der Waals surface area contributed by atoms with Crippen molar-refractivity contribution in [1.29, 1.82) is 0 Å². The Hall–Kier alpha value is -1.73. The molecule has 268 valence electrons. The first-order chi connectivity index (χ1) is 22.5. The molecule has 4 atom stereocenters. The lowest BCUT2D eigenvalue weighted by Crippen LogP contribution is -2.53. The van der Waals surface area contributed by atoms with Gasteiger partial charge in [0.1, 0.15) is 12.2 Å². The zero-order valence-electron chi connectivity index (χ0n) is 29.8. The zero-order chi connectivity index (χ0) is 33.9. The van der Waals surface area contributed by atoms with E-state index in [1.54, 1.807) is 0 Å². The molecule has 6 nitrogen and oxygen atoms in total. The number of hydrogen-bond donors (Lipinski definition) is 5. The molecule has 0 saturated heterocycles. The molecular formula is C40H73NO5. The third kappa shape index (κ3) is 28.5. The Labute approximate surface area is 283 Å². The number of carbonyl (C=O) groups is 1. The molecular weight excluding hydrogens is 574 g/mol. The minimum Gasteiger partial charge on any atom is -0.394 e. The maximum Gasteiger partial charge on any atom is 0.249 e. The van der Waals surface area contributed by atoms with Gasteiger partial charge in [-0.15, -0.1) is 0 Å². The third-order valence-electron chi connectivity index (χ3n) is 8.56. The predicted octanol–water partition coefficient (Wildman–Crippen LogP) is 9.17. The molecule has 0 spiro atoms. The lowest BCUT2D eigenvalue weighted by molar-refractivity contribution is -0.132. The summed E-state index contributed by atoms with van der Waals surface area (Å²) in [5.41, 5.74) is 0. The van der Waals surface area contributed by atoms with E-state index in [9.17, 15) is 25.2 Å². The van der Waals surface area contributed by atoms with Crippen molar-refractivity contribution in [1.82, 2.24) is 5.32 Å². The van der Waals surface area contributed by atoms with Crippen molar-refractivity contribution in [2.45, 2.75) is 192 Å². The molecule has 4 unspecified atom stereocenters. The number of allylic oxidation sites excluding steroid dienone is 8. The fourth-order valence-corrected chi connectivity index (χ4v) is 5.49. The van der Waals surface area contributed by atoms with Crippen LogP contribution in [0.2, 0.25) is 0 Å². The zero-order valence-corrected chi connectivity index (χ0v) is 29.8. The van der Waals surface area contributed by atoms with Crippen LogP contribution >= 0.6 is 0 Å². The van der Waals surface area contributed by atoms with Crippen LogP contribution in [-0.2, 0) is 4.79 Å². The van der Waals surface area contributed by atoms with Crippen LogP contribution < -0.4 is 5.32 Å². The Bertz CT molecular complexity index is 778. The summed E-state index contributed by atoms with van der Waals surface area (Å²) >= 11 is 0. The van der Waals surface area contributed by atoms with Crippen LogP contribution in [-0.4, -0.2) is 57.3 Å². The highest BCUT2D eigenvalue weighted by Gasteiger charge is 2.28. The first-order valence-electron chi connectivity index (χ1n) is 19.0. The maximum absolute atomic E-state index is 12.4. The molecule has 0 aliphatic rings. The molecule has 0 aromatic heterocycles. The van der Waals surface area contributed by atoms with E-state index in [0.29, 0.717) is 19.3 Å². The Balaban J connectivity index is 3.86. The van der Waals surface area contributed by atoms with E-state index in [0.717, 1.165) is 64.2 Å². The Morgan fingerprint density at radius 1 is 0.565 bits per heavy atom. The number of hydrogen-bond acceptors (Lipinski definition) is 5. The first kappa shape index (κ1) is 44.3. The largest absolute Gasteiger partial charge is 0.394 e. The van der Waals surface area contributed by atoms with Gasteiger partial charge in [0.05, 0.1) is 18.8 Å². The smallest absolute Gasteiger partial charge is 0.249 e. The summed E-state index contributed by atoms with van der Waals surface area (Å²) in [5, 5.41) is 43.4. The molecule has 0 rings (SSSR count). The van der Waals surface area contributed by atoms with Crippen LogP contribution in [0.1, 0.15) is 168 Å². The number of aliphatic hydroxyl groups excluding tert-OH is 4. The van der Waals surface area contributed by atoms with E-state index in [2.05, 4.69) is 60.8 Å². The van der Waals surface area contributed by atoms with Crippen LogP contribution in [0.5, 0.6) is 0 Å². The quantitative estimate of drug-likeness (QED) is 0.0360. The molecule has 0 aliphatic carbocycles. The van der Waals surface area contributed by atoms with E-state index in [-0.39, 0.29) is 0 Å². The maximum atomic E-state index is 12.4.